The molecule has 1 atom stereocenters. The summed E-state index contributed by atoms with van der Waals surface area (Å²) < 4.78 is 26.3. The van der Waals surface area contributed by atoms with Crippen molar-refractivity contribution in [1.82, 2.24) is 9.62 Å². The van der Waals surface area contributed by atoms with Crippen LogP contribution in [0.25, 0.3) is 0 Å². The van der Waals surface area contributed by atoms with Crippen LogP contribution in [0.4, 0.5) is 5.69 Å². The minimum atomic E-state index is -3.64. The van der Waals surface area contributed by atoms with Crippen LogP contribution in [0.15, 0.2) is 48.5 Å². The van der Waals surface area contributed by atoms with E-state index in [1.165, 1.54) is 11.8 Å². The number of hydrogen-bond donors (Lipinski definition) is 1. The highest BCUT2D eigenvalue weighted by Crippen LogP contribution is 2.33. The first-order valence-electron chi connectivity index (χ1n) is 10.3. The van der Waals surface area contributed by atoms with Crippen molar-refractivity contribution in [2.24, 2.45) is 0 Å². The summed E-state index contributed by atoms with van der Waals surface area (Å²) in [7, 11) is -3.64. The standard InChI is InChI=1S/C23H29N3O4S/c1-5-31(29,30)25-15-21(27)26(20-13-17(2)11-12-18(20)3)23(4,16-25)22(28)24-14-19-9-7-6-8-10-19/h6-13H,5,14-16H2,1-4H3,(H,24,28)/t23-/m1/s1. The summed E-state index contributed by atoms with van der Waals surface area (Å²) >= 11 is 0. The second kappa shape index (κ2) is 8.80. The molecule has 0 aliphatic carbocycles. The molecule has 166 valence electrons. The Kier molecular flexibility index (Phi) is 6.52. The number of aryl methyl sites for hydroxylation is 2. The van der Waals surface area contributed by atoms with E-state index in [1.54, 1.807) is 6.92 Å². The summed E-state index contributed by atoms with van der Waals surface area (Å²) in [4.78, 5) is 28.2. The topological polar surface area (TPSA) is 86.8 Å². The third kappa shape index (κ3) is 4.65. The van der Waals surface area contributed by atoms with Gasteiger partial charge in [0.2, 0.25) is 21.8 Å². The van der Waals surface area contributed by atoms with Gasteiger partial charge in [-0.2, -0.15) is 4.31 Å². The number of hydrogen-bond acceptors (Lipinski definition) is 4. The van der Waals surface area contributed by atoms with E-state index in [9.17, 15) is 18.0 Å². The minimum absolute atomic E-state index is 0.108. The Labute approximate surface area is 184 Å². The van der Waals surface area contributed by atoms with Gasteiger partial charge in [-0.25, -0.2) is 8.42 Å². The number of amides is 2. The molecule has 1 saturated heterocycles. The number of piperazine rings is 1. The molecule has 8 heteroatoms. The van der Waals surface area contributed by atoms with E-state index in [1.807, 2.05) is 62.4 Å². The molecular weight excluding hydrogens is 414 g/mol. The number of rotatable bonds is 6. The lowest BCUT2D eigenvalue weighted by Crippen LogP contribution is -2.70. The van der Waals surface area contributed by atoms with Crippen LogP contribution >= 0.6 is 0 Å². The van der Waals surface area contributed by atoms with E-state index in [4.69, 9.17) is 0 Å². The number of benzene rings is 2. The van der Waals surface area contributed by atoms with Gasteiger partial charge in [-0.15, -0.1) is 0 Å². The zero-order valence-corrected chi connectivity index (χ0v) is 19.2. The lowest BCUT2D eigenvalue weighted by Gasteiger charge is -2.47. The second-order valence-electron chi connectivity index (χ2n) is 8.13. The number of nitrogens with zero attached hydrogens (tertiary/aromatic N) is 2. The predicted molar refractivity (Wildman–Crippen MR) is 121 cm³/mol. The van der Waals surface area contributed by atoms with E-state index in [0.29, 0.717) is 5.69 Å². The molecule has 0 unspecified atom stereocenters. The van der Waals surface area contributed by atoms with Gasteiger partial charge in [-0.1, -0.05) is 42.5 Å². The summed E-state index contributed by atoms with van der Waals surface area (Å²) in [5, 5.41) is 2.90. The maximum Gasteiger partial charge on any atom is 0.247 e. The average Bonchev–Trinajstić information content (AvgIpc) is 2.74. The van der Waals surface area contributed by atoms with Gasteiger partial charge in [0.05, 0.1) is 12.3 Å². The molecule has 2 aromatic rings. The van der Waals surface area contributed by atoms with E-state index >= 15 is 0 Å². The molecule has 1 aliphatic rings. The van der Waals surface area contributed by atoms with Crippen molar-refractivity contribution in [2.75, 3.05) is 23.7 Å². The van der Waals surface area contributed by atoms with Crippen LogP contribution in [-0.4, -0.2) is 48.9 Å². The van der Waals surface area contributed by atoms with E-state index in [0.717, 1.165) is 21.0 Å². The molecule has 0 radical (unpaired) electrons. The molecule has 1 aliphatic heterocycles. The van der Waals surface area contributed by atoms with E-state index in [-0.39, 0.29) is 25.4 Å². The minimum Gasteiger partial charge on any atom is -0.350 e. The van der Waals surface area contributed by atoms with E-state index < -0.39 is 27.4 Å². The average molecular weight is 444 g/mol. The van der Waals surface area contributed by atoms with Crippen LogP contribution in [0.3, 0.4) is 0 Å². The molecule has 0 bridgehead atoms. The van der Waals surface area contributed by atoms with Crippen molar-refractivity contribution in [2.45, 2.75) is 39.8 Å². The van der Waals surface area contributed by atoms with Gasteiger partial charge < -0.3 is 5.32 Å². The van der Waals surface area contributed by atoms with Crippen molar-refractivity contribution in [3.63, 3.8) is 0 Å². The Morgan fingerprint density at radius 2 is 1.81 bits per heavy atom. The molecule has 1 heterocycles. The smallest absolute Gasteiger partial charge is 0.247 e. The van der Waals surface area contributed by atoms with Crippen LogP contribution < -0.4 is 10.2 Å². The summed E-state index contributed by atoms with van der Waals surface area (Å²) in [6, 6.07) is 15.1. The quantitative estimate of drug-likeness (QED) is 0.743. The van der Waals surface area contributed by atoms with Gasteiger partial charge in [0, 0.05) is 18.8 Å². The lowest BCUT2D eigenvalue weighted by atomic mass is 9.93. The highest BCUT2D eigenvalue weighted by molar-refractivity contribution is 7.89. The molecule has 1 fully saturated rings. The molecule has 31 heavy (non-hydrogen) atoms. The maximum atomic E-state index is 13.5. The zero-order valence-electron chi connectivity index (χ0n) is 18.4. The summed E-state index contributed by atoms with van der Waals surface area (Å²) in [6.45, 7) is 6.84. The van der Waals surface area contributed by atoms with E-state index in [2.05, 4.69) is 5.32 Å². The second-order valence-corrected chi connectivity index (χ2v) is 10.4. The monoisotopic (exact) mass is 443 g/mol. The Morgan fingerprint density at radius 3 is 2.45 bits per heavy atom. The van der Waals surface area contributed by atoms with Crippen molar-refractivity contribution in [3.8, 4) is 0 Å². The van der Waals surface area contributed by atoms with Crippen LogP contribution in [0.5, 0.6) is 0 Å². The molecule has 0 spiro atoms. The largest absolute Gasteiger partial charge is 0.350 e. The Balaban J connectivity index is 2.02. The molecule has 2 amide bonds. The van der Waals surface area contributed by atoms with Gasteiger partial charge in [-0.05, 0) is 50.5 Å². The maximum absolute atomic E-state index is 13.5. The van der Waals surface area contributed by atoms with Crippen LogP contribution in [-0.2, 0) is 26.2 Å². The SMILES string of the molecule is CCS(=O)(=O)N1CC(=O)N(c2cc(C)ccc2C)[C@@](C)(C(=O)NCc2ccccc2)C1. The van der Waals surface area contributed by atoms with Gasteiger partial charge >= 0.3 is 0 Å². The Bertz CT molecular complexity index is 1090. The lowest BCUT2D eigenvalue weighted by molar-refractivity contribution is -0.133. The first kappa shape index (κ1) is 23.0. The molecule has 1 N–H and O–H groups in total. The molecule has 2 aromatic carbocycles. The highest BCUT2D eigenvalue weighted by Gasteiger charge is 2.50. The third-order valence-electron chi connectivity index (χ3n) is 5.69. The molecule has 3 rings (SSSR count). The third-order valence-corrected chi connectivity index (χ3v) is 7.46. The van der Waals surface area contributed by atoms with Gasteiger partial charge in [0.1, 0.15) is 5.54 Å². The summed E-state index contributed by atoms with van der Waals surface area (Å²) in [5.41, 5.74) is 1.93. The first-order chi connectivity index (χ1) is 14.6. The fourth-order valence-electron chi connectivity index (χ4n) is 3.85. The molecule has 0 saturated carbocycles. The number of anilines is 1. The predicted octanol–water partition coefficient (Wildman–Crippen LogP) is 2.38. The van der Waals surface area contributed by atoms with Crippen LogP contribution in [0, 0.1) is 13.8 Å². The van der Waals surface area contributed by atoms with Gasteiger partial charge in [0.25, 0.3) is 0 Å². The van der Waals surface area contributed by atoms with Crippen molar-refractivity contribution in [1.29, 1.82) is 0 Å². The molecular formula is C23H29N3O4S. The van der Waals surface area contributed by atoms with Gasteiger partial charge in [0.15, 0.2) is 0 Å². The number of carbonyl (C=O) groups is 2. The van der Waals surface area contributed by atoms with Crippen molar-refractivity contribution in [3.05, 3.63) is 65.2 Å². The highest BCUT2D eigenvalue weighted by atomic mass is 32.2. The Morgan fingerprint density at radius 1 is 1.13 bits per heavy atom. The number of sulfonamides is 1. The Hall–Kier alpha value is -2.71. The fraction of sp³-hybridized carbons (Fsp3) is 0.391. The number of carbonyl (C=O) groups excluding carboxylic acids is 2. The van der Waals surface area contributed by atoms with Gasteiger partial charge in [-0.3, -0.25) is 14.5 Å². The number of nitrogens with one attached hydrogen (secondary N) is 1. The fourth-order valence-corrected chi connectivity index (χ4v) is 4.97. The van der Waals surface area contributed by atoms with Crippen molar-refractivity contribution < 1.29 is 18.0 Å². The molecule has 7 nitrogen and oxygen atoms in total. The van der Waals surface area contributed by atoms with Crippen molar-refractivity contribution >= 4 is 27.5 Å². The molecule has 0 aromatic heterocycles. The summed E-state index contributed by atoms with van der Waals surface area (Å²) in [5.74, 6) is -0.957. The van der Waals surface area contributed by atoms with Crippen LogP contribution in [0.1, 0.15) is 30.5 Å². The zero-order chi connectivity index (χ0) is 22.8. The van der Waals surface area contributed by atoms with Crippen LogP contribution in [0.2, 0.25) is 0 Å². The summed E-state index contributed by atoms with van der Waals surface area (Å²) in [6.07, 6.45) is 0. The first-order valence-corrected chi connectivity index (χ1v) is 11.9. The normalized spacial score (nSPS) is 20.0.